The molecule has 0 aromatic rings. The minimum absolute atomic E-state index is 0.163. The lowest BCUT2D eigenvalue weighted by Crippen LogP contribution is -2.40. The van der Waals surface area contributed by atoms with Crippen LogP contribution >= 0.6 is 7.60 Å². The zero-order valence-corrected chi connectivity index (χ0v) is 13.2. The van der Waals surface area contributed by atoms with Crippen molar-refractivity contribution in [2.45, 2.75) is 45.7 Å². The fraction of sp³-hybridized carbons (Fsp3) is 0.846. The quantitative estimate of drug-likeness (QED) is 0.531. The van der Waals surface area contributed by atoms with Crippen molar-refractivity contribution in [2.75, 3.05) is 19.8 Å². The number of esters is 1. The summed E-state index contributed by atoms with van der Waals surface area (Å²) in [4.78, 5) is 24.2. The largest absolute Gasteiger partial charge is 0.466 e. The predicted molar refractivity (Wildman–Crippen MR) is 73.6 cm³/mol. The Morgan fingerprint density at radius 2 is 1.80 bits per heavy atom. The number of hydrogen-bond donors (Lipinski definition) is 0. The van der Waals surface area contributed by atoms with Crippen LogP contribution in [0, 0.1) is 5.92 Å². The molecule has 0 aromatic carbocycles. The van der Waals surface area contributed by atoms with E-state index < -0.39 is 25.1 Å². The summed E-state index contributed by atoms with van der Waals surface area (Å²) in [7, 11) is -3.63. The van der Waals surface area contributed by atoms with Crippen molar-refractivity contribution in [3.8, 4) is 0 Å². The fourth-order valence-corrected chi connectivity index (χ4v) is 4.79. The van der Waals surface area contributed by atoms with E-state index in [0.29, 0.717) is 19.3 Å². The number of carbonyl (C=O) groups excluding carboxylic acids is 2. The van der Waals surface area contributed by atoms with Gasteiger partial charge in [0, 0.05) is 6.42 Å². The Labute approximate surface area is 119 Å². The summed E-state index contributed by atoms with van der Waals surface area (Å²) < 4.78 is 28.3. The first-order valence-corrected chi connectivity index (χ1v) is 8.69. The van der Waals surface area contributed by atoms with Gasteiger partial charge in [-0.25, -0.2) is 0 Å². The van der Waals surface area contributed by atoms with Crippen LogP contribution in [0.25, 0.3) is 0 Å². The average Bonchev–Trinajstić information content (AvgIpc) is 2.39. The first-order valence-electron chi connectivity index (χ1n) is 7.08. The Morgan fingerprint density at radius 3 is 2.30 bits per heavy atom. The van der Waals surface area contributed by atoms with Crippen molar-refractivity contribution in [3.63, 3.8) is 0 Å². The Balaban J connectivity index is 3.06. The van der Waals surface area contributed by atoms with E-state index in [1.807, 2.05) is 0 Å². The van der Waals surface area contributed by atoms with Gasteiger partial charge in [-0.2, -0.15) is 0 Å². The number of ether oxygens (including phenoxy) is 1. The van der Waals surface area contributed by atoms with Crippen molar-refractivity contribution in [2.24, 2.45) is 5.92 Å². The number of rotatable bonds is 7. The standard InChI is InChI=1S/C13H23O6P/c1-4-17-13(15)10-8-7-9-11(14)12(10)20(16,18-5-2)19-6-3/h10,12H,4-9H2,1-3H3. The smallest absolute Gasteiger partial charge is 0.341 e. The highest BCUT2D eigenvalue weighted by Gasteiger charge is 2.50. The van der Waals surface area contributed by atoms with Crippen LogP contribution in [0.3, 0.4) is 0 Å². The van der Waals surface area contributed by atoms with Crippen LogP contribution < -0.4 is 0 Å². The van der Waals surface area contributed by atoms with E-state index in [1.54, 1.807) is 20.8 Å². The third kappa shape index (κ3) is 3.90. The van der Waals surface area contributed by atoms with Gasteiger partial charge in [-0.05, 0) is 33.6 Å². The Hall–Kier alpha value is -0.710. The lowest BCUT2D eigenvalue weighted by molar-refractivity contribution is -0.151. The SMILES string of the molecule is CCOC(=O)C1CCCC(=O)C1P(=O)(OCC)OCC. The van der Waals surface area contributed by atoms with Crippen LogP contribution in [0.1, 0.15) is 40.0 Å². The van der Waals surface area contributed by atoms with Gasteiger partial charge in [0.05, 0.1) is 25.7 Å². The molecule has 0 bridgehead atoms. The van der Waals surface area contributed by atoms with Crippen LogP contribution in [0.2, 0.25) is 0 Å². The molecule has 1 aliphatic rings. The molecule has 0 aromatic heterocycles. The van der Waals surface area contributed by atoms with Crippen molar-refractivity contribution in [1.29, 1.82) is 0 Å². The molecule has 0 saturated heterocycles. The number of carbonyl (C=O) groups is 2. The summed E-state index contributed by atoms with van der Waals surface area (Å²) in [5.41, 5.74) is -1.03. The maximum Gasteiger partial charge on any atom is 0.341 e. The second kappa shape index (κ2) is 7.91. The van der Waals surface area contributed by atoms with Crippen molar-refractivity contribution < 1.29 is 27.9 Å². The van der Waals surface area contributed by atoms with Crippen LogP contribution in [-0.2, 0) is 27.9 Å². The molecule has 116 valence electrons. The third-order valence-corrected chi connectivity index (χ3v) is 5.76. The zero-order valence-electron chi connectivity index (χ0n) is 12.3. The maximum atomic E-state index is 12.8. The number of Topliss-reactive ketones (excluding diaryl/α,β-unsaturated/α-hetero) is 1. The molecule has 1 aliphatic carbocycles. The van der Waals surface area contributed by atoms with Crippen molar-refractivity contribution in [1.82, 2.24) is 0 Å². The zero-order chi connectivity index (χ0) is 15.2. The number of ketones is 1. The van der Waals surface area contributed by atoms with E-state index in [9.17, 15) is 14.2 Å². The fourth-order valence-electron chi connectivity index (χ4n) is 2.48. The lowest BCUT2D eigenvalue weighted by atomic mass is 9.88. The molecule has 20 heavy (non-hydrogen) atoms. The lowest BCUT2D eigenvalue weighted by Gasteiger charge is -2.33. The monoisotopic (exact) mass is 306 g/mol. The summed E-state index contributed by atoms with van der Waals surface area (Å²) in [5.74, 6) is -1.47. The molecule has 0 aliphatic heterocycles. The molecule has 6 nitrogen and oxygen atoms in total. The van der Waals surface area contributed by atoms with Gasteiger partial charge in [0.2, 0.25) is 0 Å². The van der Waals surface area contributed by atoms with Gasteiger partial charge in [-0.3, -0.25) is 14.2 Å². The van der Waals surface area contributed by atoms with E-state index in [-0.39, 0.29) is 25.6 Å². The van der Waals surface area contributed by atoms with E-state index in [1.165, 1.54) is 0 Å². The van der Waals surface area contributed by atoms with E-state index >= 15 is 0 Å². The Bertz CT molecular complexity index is 384. The molecule has 0 heterocycles. The molecule has 2 unspecified atom stereocenters. The molecule has 0 radical (unpaired) electrons. The van der Waals surface area contributed by atoms with E-state index in [0.717, 1.165) is 0 Å². The summed E-state index contributed by atoms with van der Waals surface area (Å²) in [6.45, 7) is 5.61. The normalized spacial score (nSPS) is 23.6. The van der Waals surface area contributed by atoms with Gasteiger partial charge in [0.25, 0.3) is 0 Å². The maximum absolute atomic E-state index is 12.8. The van der Waals surface area contributed by atoms with Crippen molar-refractivity contribution >= 4 is 19.3 Å². The van der Waals surface area contributed by atoms with Gasteiger partial charge in [0.15, 0.2) is 0 Å². The molecule has 1 fully saturated rings. The van der Waals surface area contributed by atoms with Gasteiger partial charge in [-0.1, -0.05) is 0 Å². The summed E-state index contributed by atoms with van der Waals surface area (Å²) in [6.07, 6.45) is 1.36. The van der Waals surface area contributed by atoms with Gasteiger partial charge in [-0.15, -0.1) is 0 Å². The van der Waals surface area contributed by atoms with Crippen LogP contribution in [0.15, 0.2) is 0 Å². The molecule has 7 heteroatoms. The Kier molecular flexibility index (Phi) is 6.86. The van der Waals surface area contributed by atoms with Gasteiger partial charge in [0.1, 0.15) is 11.4 Å². The van der Waals surface area contributed by atoms with Crippen molar-refractivity contribution in [3.05, 3.63) is 0 Å². The highest BCUT2D eigenvalue weighted by molar-refractivity contribution is 7.55. The molecule has 1 saturated carbocycles. The molecule has 0 N–H and O–H groups in total. The van der Waals surface area contributed by atoms with Crippen LogP contribution in [0.5, 0.6) is 0 Å². The predicted octanol–water partition coefficient (Wildman–Crippen LogP) is 2.55. The molecule has 1 rings (SSSR count). The third-order valence-electron chi connectivity index (χ3n) is 3.20. The molecule has 0 amide bonds. The minimum Gasteiger partial charge on any atom is -0.466 e. The minimum atomic E-state index is -3.63. The second-order valence-electron chi connectivity index (χ2n) is 4.54. The summed E-state index contributed by atoms with van der Waals surface area (Å²) in [6, 6.07) is 0. The van der Waals surface area contributed by atoms with Crippen LogP contribution in [-0.4, -0.2) is 37.2 Å². The number of hydrogen-bond acceptors (Lipinski definition) is 6. The second-order valence-corrected chi connectivity index (χ2v) is 6.69. The van der Waals surface area contributed by atoms with E-state index in [4.69, 9.17) is 13.8 Å². The molecule has 2 atom stereocenters. The molecular formula is C13H23O6P. The average molecular weight is 306 g/mol. The summed E-state index contributed by atoms with van der Waals surface area (Å²) >= 11 is 0. The highest BCUT2D eigenvalue weighted by Crippen LogP contribution is 2.58. The first kappa shape index (κ1) is 17.3. The van der Waals surface area contributed by atoms with Crippen LogP contribution in [0.4, 0.5) is 0 Å². The highest BCUT2D eigenvalue weighted by atomic mass is 31.2. The topological polar surface area (TPSA) is 78.9 Å². The molecular weight excluding hydrogens is 283 g/mol. The van der Waals surface area contributed by atoms with Gasteiger partial charge < -0.3 is 13.8 Å². The Morgan fingerprint density at radius 1 is 1.20 bits per heavy atom. The first-order chi connectivity index (χ1) is 9.50. The van der Waals surface area contributed by atoms with E-state index in [2.05, 4.69) is 0 Å². The van der Waals surface area contributed by atoms with Gasteiger partial charge >= 0.3 is 13.6 Å². The summed E-state index contributed by atoms with van der Waals surface area (Å²) in [5, 5.41) is 0. The molecule has 0 spiro atoms.